The van der Waals surface area contributed by atoms with E-state index in [1.807, 2.05) is 4.72 Å². The molecule has 0 aliphatic heterocycles. The number of rotatable bonds is 3. The van der Waals surface area contributed by atoms with Crippen LogP contribution in [0.2, 0.25) is 0 Å². The Morgan fingerprint density at radius 1 is 1.46 bits per heavy atom. The summed E-state index contributed by atoms with van der Waals surface area (Å²) in [6.45, 7) is -0.172. The second-order valence-corrected chi connectivity index (χ2v) is 3.44. The molecule has 0 aliphatic carbocycles. The zero-order valence-electron chi connectivity index (χ0n) is 6.18. The Morgan fingerprint density at radius 3 is 2.54 bits per heavy atom. The fourth-order valence-electron chi connectivity index (χ4n) is 0.326. The molecule has 0 aromatic heterocycles. The van der Waals surface area contributed by atoms with Crippen molar-refractivity contribution in [2.75, 3.05) is 12.3 Å². The summed E-state index contributed by atoms with van der Waals surface area (Å²) in [5.74, 6) is 3.98. The number of hydrogen-bond acceptors (Lipinski definition) is 3. The van der Waals surface area contributed by atoms with E-state index in [9.17, 15) is 21.9 Å². The smallest absolute Gasteiger partial charge is 0.442 e. The van der Waals surface area contributed by atoms with Crippen molar-refractivity contribution < 1.29 is 21.9 Å². The van der Waals surface area contributed by atoms with Crippen molar-refractivity contribution >= 4 is 23.0 Å². The molecule has 0 bridgehead atoms. The monoisotopic (exact) mass is 232 g/mol. The number of thioether (sulfide) groups is 1. The highest BCUT2D eigenvalue weighted by Gasteiger charge is 2.26. The van der Waals surface area contributed by atoms with E-state index in [0.29, 0.717) is 0 Å². The molecule has 0 saturated heterocycles. The molecule has 0 radical (unpaired) electrons. The van der Waals surface area contributed by atoms with Crippen LogP contribution >= 0.6 is 11.8 Å². The predicted octanol–water partition coefficient (Wildman–Crippen LogP) is 0.627. The van der Waals surface area contributed by atoms with E-state index in [1.54, 1.807) is 0 Å². The molecule has 0 aliphatic rings. The van der Waals surface area contributed by atoms with E-state index in [-0.39, 0.29) is 18.3 Å². The van der Waals surface area contributed by atoms with Gasteiger partial charge in [-0.15, -0.1) is 0 Å². The molecule has 0 saturated carbocycles. The van der Waals surface area contributed by atoms with Crippen molar-refractivity contribution in [3.05, 3.63) is 0 Å². The molecule has 76 valence electrons. The van der Waals surface area contributed by atoms with Crippen LogP contribution < -0.4 is 4.72 Å². The first-order valence-electron chi connectivity index (χ1n) is 2.91. The van der Waals surface area contributed by atoms with Gasteiger partial charge in [-0.1, -0.05) is 11.8 Å². The van der Waals surface area contributed by atoms with Crippen LogP contribution in [-0.2, 0) is 11.3 Å². The highest BCUT2D eigenvalue weighted by molar-refractivity contribution is 8.00. The van der Waals surface area contributed by atoms with E-state index in [0.717, 1.165) is 0 Å². The Kier molecular flexibility index (Phi) is 6.15. The Morgan fingerprint density at radius 2 is 2.08 bits per heavy atom. The average molecular weight is 232 g/mol. The minimum atomic E-state index is -4.29. The van der Waals surface area contributed by atoms with Crippen molar-refractivity contribution in [1.29, 1.82) is 0 Å². The SMILES string of the molecule is O=S([O-])NCC#CCSC(F)(F)F. The van der Waals surface area contributed by atoms with Crippen LogP contribution in [-0.4, -0.2) is 26.6 Å². The lowest BCUT2D eigenvalue weighted by Gasteiger charge is -2.01. The maximum Gasteiger partial charge on any atom is 0.442 e. The fraction of sp³-hybridized carbons (Fsp3) is 0.600. The lowest BCUT2D eigenvalue weighted by molar-refractivity contribution is -0.0325. The Bertz CT molecular complexity index is 232. The molecule has 0 amide bonds. The first kappa shape index (κ1) is 12.8. The van der Waals surface area contributed by atoms with Gasteiger partial charge < -0.3 is 4.55 Å². The van der Waals surface area contributed by atoms with Gasteiger partial charge in [-0.05, 0) is 11.8 Å². The first-order valence-corrected chi connectivity index (χ1v) is 4.97. The van der Waals surface area contributed by atoms with Crippen molar-refractivity contribution in [3.63, 3.8) is 0 Å². The summed E-state index contributed by atoms with van der Waals surface area (Å²) >= 11 is -2.68. The van der Waals surface area contributed by atoms with Gasteiger partial charge >= 0.3 is 5.51 Å². The summed E-state index contributed by atoms with van der Waals surface area (Å²) in [5, 5.41) is 0. The van der Waals surface area contributed by atoms with Crippen LogP contribution in [0.4, 0.5) is 13.2 Å². The Balaban J connectivity index is 3.46. The number of halogens is 3. The van der Waals surface area contributed by atoms with Crippen molar-refractivity contribution in [1.82, 2.24) is 4.72 Å². The summed E-state index contributed by atoms with van der Waals surface area (Å²) in [4.78, 5) is 0. The molecule has 0 spiro atoms. The third-order valence-corrected chi connectivity index (χ3v) is 1.71. The van der Waals surface area contributed by atoms with Gasteiger partial charge in [0.15, 0.2) is 0 Å². The largest absolute Gasteiger partial charge is 0.760 e. The third-order valence-electron chi connectivity index (χ3n) is 0.711. The molecule has 0 rings (SSSR count). The molecule has 8 heteroatoms. The Labute approximate surface area is 79.9 Å². The zero-order chi connectivity index (χ0) is 10.3. The quantitative estimate of drug-likeness (QED) is 0.573. The molecule has 13 heavy (non-hydrogen) atoms. The maximum atomic E-state index is 11.5. The maximum absolute atomic E-state index is 11.5. The Hall–Kier alpha value is -0.230. The molecule has 1 unspecified atom stereocenters. The van der Waals surface area contributed by atoms with Gasteiger partial charge in [-0.3, -0.25) is 4.21 Å². The molecule has 0 aromatic rings. The van der Waals surface area contributed by atoms with Crippen molar-refractivity contribution in [3.8, 4) is 11.8 Å². The van der Waals surface area contributed by atoms with E-state index in [1.165, 1.54) is 0 Å². The third kappa shape index (κ3) is 11.8. The molecule has 0 fully saturated rings. The predicted molar refractivity (Wildman–Crippen MR) is 43.2 cm³/mol. The lowest BCUT2D eigenvalue weighted by atomic mass is 10.6. The van der Waals surface area contributed by atoms with Crippen LogP contribution in [0.5, 0.6) is 0 Å². The molecular weight excluding hydrogens is 227 g/mol. The fourth-order valence-corrected chi connectivity index (χ4v) is 0.854. The van der Waals surface area contributed by atoms with Crippen molar-refractivity contribution in [2.45, 2.75) is 5.51 Å². The summed E-state index contributed by atoms with van der Waals surface area (Å²) in [7, 11) is 0. The molecule has 3 nitrogen and oxygen atoms in total. The van der Waals surface area contributed by atoms with Crippen LogP contribution in [0.1, 0.15) is 0 Å². The topological polar surface area (TPSA) is 52.2 Å². The highest BCUT2D eigenvalue weighted by Crippen LogP contribution is 2.29. The number of alkyl halides is 3. The standard InChI is InChI=1S/C5H6F3NO2S2/c6-5(7,8)12-4-2-1-3-9-13(10)11/h9H,3-4H2,(H,10,11)/p-1. The summed E-state index contributed by atoms with van der Waals surface area (Å²) < 4.78 is 56.0. The van der Waals surface area contributed by atoms with Crippen molar-refractivity contribution in [2.24, 2.45) is 0 Å². The van der Waals surface area contributed by atoms with Gasteiger partial charge in [0.1, 0.15) is 0 Å². The van der Waals surface area contributed by atoms with Gasteiger partial charge in [0.25, 0.3) is 0 Å². The molecule has 1 atom stereocenters. The van der Waals surface area contributed by atoms with E-state index < -0.39 is 22.5 Å². The van der Waals surface area contributed by atoms with Gasteiger partial charge in [0.2, 0.25) is 0 Å². The molecular formula is C5H5F3NO2S2-. The summed E-state index contributed by atoms with van der Waals surface area (Å²) in [6.07, 6.45) is 0. The summed E-state index contributed by atoms with van der Waals surface area (Å²) in [6, 6.07) is 0. The van der Waals surface area contributed by atoms with E-state index >= 15 is 0 Å². The molecule has 1 N–H and O–H groups in total. The normalized spacial score (nSPS) is 13.2. The lowest BCUT2D eigenvalue weighted by Crippen LogP contribution is -2.16. The van der Waals surface area contributed by atoms with Crippen LogP contribution in [0, 0.1) is 11.8 Å². The van der Waals surface area contributed by atoms with Gasteiger partial charge in [-0.2, -0.15) is 13.2 Å². The first-order chi connectivity index (χ1) is 5.92. The second-order valence-electron chi connectivity index (χ2n) is 1.64. The van der Waals surface area contributed by atoms with Gasteiger partial charge in [0, 0.05) is 11.3 Å². The van der Waals surface area contributed by atoms with E-state index in [4.69, 9.17) is 0 Å². The zero-order valence-corrected chi connectivity index (χ0v) is 7.81. The van der Waals surface area contributed by atoms with Crippen LogP contribution in [0.3, 0.4) is 0 Å². The highest BCUT2D eigenvalue weighted by atomic mass is 32.2. The average Bonchev–Trinajstić information content (AvgIpc) is 1.93. The van der Waals surface area contributed by atoms with Crippen LogP contribution in [0.15, 0.2) is 0 Å². The number of nitrogens with one attached hydrogen (secondary N) is 1. The molecule has 0 aromatic carbocycles. The second kappa shape index (κ2) is 6.26. The van der Waals surface area contributed by atoms with Crippen LogP contribution in [0.25, 0.3) is 0 Å². The molecule has 0 heterocycles. The minimum Gasteiger partial charge on any atom is -0.760 e. The number of hydrogen-bond donors (Lipinski definition) is 1. The van der Waals surface area contributed by atoms with Gasteiger partial charge in [-0.25, -0.2) is 4.72 Å². The van der Waals surface area contributed by atoms with E-state index in [2.05, 4.69) is 11.8 Å². The summed E-state index contributed by atoms with van der Waals surface area (Å²) in [5.41, 5.74) is -4.29. The van der Waals surface area contributed by atoms with Gasteiger partial charge in [0.05, 0.1) is 12.3 Å². The minimum absolute atomic E-state index is 0.172.